The summed E-state index contributed by atoms with van der Waals surface area (Å²) in [6.07, 6.45) is -3.39. The predicted octanol–water partition coefficient (Wildman–Crippen LogP) is 0.892. The smallest absolute Gasteiger partial charge is 0.202 e. The molecular weight excluding hydrogens is 308 g/mol. The van der Waals surface area contributed by atoms with Gasteiger partial charge in [0.15, 0.2) is 23.7 Å². The fourth-order valence-corrected chi connectivity index (χ4v) is 2.50. The van der Waals surface area contributed by atoms with Crippen LogP contribution in [0.3, 0.4) is 0 Å². The molecule has 1 aliphatic rings. The van der Waals surface area contributed by atoms with Crippen LogP contribution in [0.2, 0.25) is 0 Å². The van der Waals surface area contributed by atoms with Crippen LogP contribution >= 0.6 is 0 Å². The van der Waals surface area contributed by atoms with Crippen molar-refractivity contribution in [2.24, 2.45) is 0 Å². The molecule has 0 bridgehead atoms. The van der Waals surface area contributed by atoms with Crippen LogP contribution in [-0.2, 0) is 0 Å². The molecule has 0 saturated carbocycles. The summed E-state index contributed by atoms with van der Waals surface area (Å²) in [5.74, 6) is -3.95. The lowest BCUT2D eigenvalue weighted by Gasteiger charge is -2.30. The van der Waals surface area contributed by atoms with E-state index in [1.165, 1.54) is 0 Å². The summed E-state index contributed by atoms with van der Waals surface area (Å²) in [4.78, 5) is 12.2. The van der Waals surface area contributed by atoms with Crippen molar-refractivity contribution in [1.82, 2.24) is 0 Å². The van der Waals surface area contributed by atoms with Gasteiger partial charge < -0.3 is 35.4 Å². The van der Waals surface area contributed by atoms with Crippen LogP contribution in [0.1, 0.15) is 22.0 Å². The van der Waals surface area contributed by atoms with Crippen molar-refractivity contribution in [3.63, 3.8) is 0 Å². The van der Waals surface area contributed by atoms with Crippen molar-refractivity contribution in [2.75, 3.05) is 0 Å². The van der Waals surface area contributed by atoms with E-state index in [0.29, 0.717) is 0 Å². The van der Waals surface area contributed by atoms with E-state index >= 15 is 0 Å². The third-order valence-corrected chi connectivity index (χ3v) is 3.58. The molecule has 0 spiro atoms. The number of ether oxygens (including phenoxy) is 1. The molecule has 8 heteroatoms. The third kappa shape index (κ3) is 2.16. The minimum absolute atomic E-state index is 0.232. The summed E-state index contributed by atoms with van der Waals surface area (Å²) in [6.45, 7) is 0. The second-order valence-corrected chi connectivity index (χ2v) is 5.05. The molecule has 0 amide bonds. The summed E-state index contributed by atoms with van der Waals surface area (Å²) in [7, 11) is 0. The first-order valence-electron chi connectivity index (χ1n) is 6.50. The van der Waals surface area contributed by atoms with E-state index in [0.717, 1.165) is 24.3 Å². The first kappa shape index (κ1) is 14.8. The second kappa shape index (κ2) is 4.96. The van der Waals surface area contributed by atoms with Crippen LogP contribution in [0.4, 0.5) is 0 Å². The van der Waals surface area contributed by atoms with E-state index in [1.54, 1.807) is 0 Å². The van der Waals surface area contributed by atoms with E-state index in [2.05, 4.69) is 0 Å². The number of ketones is 1. The maximum absolute atomic E-state index is 12.2. The molecule has 0 aliphatic carbocycles. The van der Waals surface area contributed by atoms with Gasteiger partial charge in [0, 0.05) is 12.1 Å². The summed E-state index contributed by atoms with van der Waals surface area (Å²) in [5, 5.41) is 58.6. The van der Waals surface area contributed by atoms with E-state index in [-0.39, 0.29) is 22.6 Å². The van der Waals surface area contributed by atoms with Gasteiger partial charge in [0.1, 0.15) is 28.6 Å². The fourth-order valence-electron chi connectivity index (χ4n) is 2.50. The molecule has 0 fully saturated rings. The van der Waals surface area contributed by atoms with Crippen molar-refractivity contribution in [2.45, 2.75) is 12.2 Å². The maximum Gasteiger partial charge on any atom is 0.202 e. The Hall–Kier alpha value is -3.13. The van der Waals surface area contributed by atoms with Gasteiger partial charge in [0.05, 0.1) is 5.56 Å². The average Bonchev–Trinajstić information content (AvgIpc) is 2.47. The minimum atomic E-state index is -1.85. The maximum atomic E-state index is 12.2. The number of hydrogen-bond donors (Lipinski definition) is 6. The van der Waals surface area contributed by atoms with Gasteiger partial charge in [0.2, 0.25) is 5.78 Å². The molecule has 3 rings (SSSR count). The van der Waals surface area contributed by atoms with Gasteiger partial charge >= 0.3 is 0 Å². The molecule has 8 nitrogen and oxygen atoms in total. The lowest BCUT2D eigenvalue weighted by molar-refractivity contribution is 0.0194. The Bertz CT molecular complexity index is 814. The number of hydrogen-bond acceptors (Lipinski definition) is 8. The molecule has 6 N–H and O–H groups in total. The number of carbonyl (C=O) groups is 1. The van der Waals surface area contributed by atoms with Crippen LogP contribution in [-0.4, -0.2) is 42.5 Å². The molecule has 2 unspecified atom stereocenters. The zero-order chi connectivity index (χ0) is 16.9. The van der Waals surface area contributed by atoms with Gasteiger partial charge in [-0.3, -0.25) is 4.79 Å². The number of aliphatic hydroxyl groups is 1. The monoisotopic (exact) mass is 320 g/mol. The fraction of sp³-hybridized carbons (Fsp3) is 0.133. The van der Waals surface area contributed by atoms with Crippen LogP contribution < -0.4 is 4.74 Å². The quantitative estimate of drug-likeness (QED) is 0.335. The number of phenols is 5. The van der Waals surface area contributed by atoms with Crippen LogP contribution in [0.25, 0.3) is 0 Å². The first-order valence-corrected chi connectivity index (χ1v) is 6.50. The summed E-state index contributed by atoms with van der Waals surface area (Å²) in [6, 6.07) is 4.04. The van der Waals surface area contributed by atoms with Crippen molar-refractivity contribution >= 4 is 5.78 Å². The van der Waals surface area contributed by atoms with E-state index in [9.17, 15) is 35.4 Å². The van der Waals surface area contributed by atoms with Gasteiger partial charge in [-0.25, -0.2) is 0 Å². The van der Waals surface area contributed by atoms with Crippen molar-refractivity contribution in [3.8, 4) is 34.5 Å². The lowest BCUT2D eigenvalue weighted by atomic mass is 9.91. The Labute approximate surface area is 129 Å². The Balaban J connectivity index is 2.17. The zero-order valence-corrected chi connectivity index (χ0v) is 11.5. The number of rotatable bonds is 1. The summed E-state index contributed by atoms with van der Waals surface area (Å²) < 4.78 is 5.36. The molecule has 1 heterocycles. The largest absolute Gasteiger partial charge is 0.508 e. The molecule has 120 valence electrons. The van der Waals surface area contributed by atoms with Crippen molar-refractivity contribution in [1.29, 1.82) is 0 Å². The summed E-state index contributed by atoms with van der Waals surface area (Å²) in [5.41, 5.74) is -0.718. The highest BCUT2D eigenvalue weighted by atomic mass is 16.5. The van der Waals surface area contributed by atoms with E-state index in [4.69, 9.17) is 4.74 Å². The molecule has 0 radical (unpaired) electrons. The highest BCUT2D eigenvalue weighted by Gasteiger charge is 2.41. The van der Waals surface area contributed by atoms with Crippen LogP contribution in [0, 0.1) is 0 Å². The van der Waals surface area contributed by atoms with Crippen molar-refractivity contribution < 1.29 is 40.2 Å². The SMILES string of the molecule is O=C1c2c(O)cc(O)cc2OC(c2c(O)ccc(O)c2O)C1O. The molecule has 23 heavy (non-hydrogen) atoms. The molecule has 1 aliphatic heterocycles. The number of aromatic hydroxyl groups is 5. The average molecular weight is 320 g/mol. The van der Waals surface area contributed by atoms with Gasteiger partial charge in [-0.15, -0.1) is 0 Å². The number of Topliss-reactive ketones (excluding diaryl/α,β-unsaturated/α-hetero) is 1. The number of fused-ring (bicyclic) bond motifs is 1. The van der Waals surface area contributed by atoms with Gasteiger partial charge in [-0.1, -0.05) is 0 Å². The Morgan fingerprint density at radius 2 is 1.57 bits per heavy atom. The molecule has 2 aromatic carbocycles. The normalized spacial score (nSPS) is 20.0. The highest BCUT2D eigenvalue weighted by molar-refractivity contribution is 6.05. The second-order valence-electron chi connectivity index (χ2n) is 5.05. The number of carbonyl (C=O) groups excluding carboxylic acids is 1. The van der Waals surface area contributed by atoms with Gasteiger partial charge in [0.25, 0.3) is 0 Å². The van der Waals surface area contributed by atoms with E-state index in [1.807, 2.05) is 0 Å². The number of aliphatic hydroxyl groups excluding tert-OH is 1. The number of benzene rings is 2. The Morgan fingerprint density at radius 3 is 2.26 bits per heavy atom. The van der Waals surface area contributed by atoms with E-state index < -0.39 is 41.0 Å². The van der Waals surface area contributed by atoms with Crippen LogP contribution in [0.15, 0.2) is 24.3 Å². The standard InChI is InChI=1S/C15H12O8/c16-5-3-8(19)10-9(4-5)23-15(14(22)13(10)21)11-6(17)1-2-7(18)12(11)20/h1-4,14-20,22H. The topological polar surface area (TPSA) is 148 Å². The Morgan fingerprint density at radius 1 is 0.913 bits per heavy atom. The predicted molar refractivity (Wildman–Crippen MR) is 74.9 cm³/mol. The van der Waals surface area contributed by atoms with Crippen molar-refractivity contribution in [3.05, 3.63) is 35.4 Å². The highest BCUT2D eigenvalue weighted by Crippen LogP contribution is 2.47. The van der Waals surface area contributed by atoms with Crippen LogP contribution in [0.5, 0.6) is 34.5 Å². The first-order chi connectivity index (χ1) is 10.8. The minimum Gasteiger partial charge on any atom is -0.508 e. The molecule has 2 aromatic rings. The Kier molecular flexibility index (Phi) is 3.19. The molecule has 2 atom stereocenters. The van der Waals surface area contributed by atoms with Gasteiger partial charge in [-0.05, 0) is 12.1 Å². The lowest BCUT2D eigenvalue weighted by Crippen LogP contribution is -2.36. The number of phenolic OH excluding ortho intramolecular Hbond substituents is 5. The third-order valence-electron chi connectivity index (χ3n) is 3.58. The molecule has 0 saturated heterocycles. The zero-order valence-electron chi connectivity index (χ0n) is 11.5. The molecular formula is C15H12O8. The molecule has 0 aromatic heterocycles. The van der Waals surface area contributed by atoms with Gasteiger partial charge in [-0.2, -0.15) is 0 Å². The summed E-state index contributed by atoms with van der Waals surface area (Å²) >= 11 is 0.